The lowest BCUT2D eigenvalue weighted by Crippen LogP contribution is -2.58. The Kier molecular flexibility index (Phi) is 9.46. The third-order valence-corrected chi connectivity index (χ3v) is 9.08. The maximum Gasteiger partial charge on any atom is 0.341 e. The standard InChI is InChI=1S/C32H39ClF3N5O3/c1-4-44-29(42)25-20-37-41(27(25)28(34)35)23-11-8-14-39(21-23)26-19-32(33,13-12-24(26)22-9-6-5-7-10-22)40-17-15-38(16-18-40)30(43)31(2,3)36/h5-7,9-10,12-13,20,23,28H,4,8,11,14-19,21H2,1-3H3. The van der Waals surface area contributed by atoms with Gasteiger partial charge in [0.15, 0.2) is 5.67 Å². The van der Waals surface area contributed by atoms with E-state index in [1.807, 2.05) is 42.5 Å². The van der Waals surface area contributed by atoms with Crippen molar-refractivity contribution < 1.29 is 27.5 Å². The zero-order valence-corrected chi connectivity index (χ0v) is 26.1. The number of hydrogen-bond acceptors (Lipinski definition) is 6. The molecule has 0 spiro atoms. The second-order valence-electron chi connectivity index (χ2n) is 12.0. The molecule has 0 radical (unpaired) electrons. The summed E-state index contributed by atoms with van der Waals surface area (Å²) in [4.78, 5) is 29.9. The fourth-order valence-electron chi connectivity index (χ4n) is 6.38. The quantitative estimate of drug-likeness (QED) is 0.207. The Morgan fingerprint density at radius 3 is 2.48 bits per heavy atom. The Balaban J connectivity index is 1.42. The number of allylic oxidation sites excluding steroid dienone is 2. The van der Waals surface area contributed by atoms with Crippen LogP contribution in [0.2, 0.25) is 0 Å². The fourth-order valence-corrected chi connectivity index (χ4v) is 6.74. The number of rotatable bonds is 8. The molecule has 3 aliphatic rings. The zero-order valence-electron chi connectivity index (χ0n) is 25.3. The van der Waals surface area contributed by atoms with Gasteiger partial charge >= 0.3 is 5.97 Å². The lowest BCUT2D eigenvalue weighted by Gasteiger charge is -2.47. The van der Waals surface area contributed by atoms with Crippen LogP contribution in [-0.4, -0.2) is 92.9 Å². The van der Waals surface area contributed by atoms with Gasteiger partial charge in [-0.2, -0.15) is 5.10 Å². The van der Waals surface area contributed by atoms with Crippen LogP contribution in [0, 0.1) is 0 Å². The van der Waals surface area contributed by atoms with Gasteiger partial charge < -0.3 is 14.5 Å². The number of alkyl halides is 4. The predicted octanol–water partition coefficient (Wildman–Crippen LogP) is 5.83. The number of benzene rings is 1. The lowest BCUT2D eigenvalue weighted by molar-refractivity contribution is -0.144. The number of piperazine rings is 1. The first-order chi connectivity index (χ1) is 20.9. The van der Waals surface area contributed by atoms with Gasteiger partial charge in [-0.15, -0.1) is 0 Å². The third kappa shape index (κ3) is 6.54. The van der Waals surface area contributed by atoms with E-state index in [1.165, 1.54) is 24.7 Å². The maximum atomic E-state index is 14.3. The van der Waals surface area contributed by atoms with Crippen molar-refractivity contribution in [2.75, 3.05) is 45.9 Å². The minimum absolute atomic E-state index is 0.0766. The molecule has 3 heterocycles. The van der Waals surface area contributed by atoms with Crippen LogP contribution >= 0.6 is 11.6 Å². The number of halogens is 4. The van der Waals surface area contributed by atoms with E-state index in [1.54, 1.807) is 11.8 Å². The molecule has 5 rings (SSSR count). The zero-order chi connectivity index (χ0) is 31.6. The number of carbonyl (C=O) groups excluding carboxylic acids is 2. The molecule has 1 aromatic carbocycles. The van der Waals surface area contributed by atoms with Gasteiger partial charge in [0.25, 0.3) is 12.3 Å². The molecule has 2 atom stereocenters. The van der Waals surface area contributed by atoms with E-state index in [0.29, 0.717) is 52.1 Å². The van der Waals surface area contributed by atoms with E-state index in [-0.39, 0.29) is 12.2 Å². The minimum Gasteiger partial charge on any atom is -0.462 e. The highest BCUT2D eigenvalue weighted by atomic mass is 35.5. The Bertz CT molecular complexity index is 1420. The van der Waals surface area contributed by atoms with Crippen molar-refractivity contribution in [3.63, 3.8) is 0 Å². The molecule has 1 amide bonds. The Morgan fingerprint density at radius 2 is 1.84 bits per heavy atom. The highest BCUT2D eigenvalue weighted by Crippen LogP contribution is 2.42. The summed E-state index contributed by atoms with van der Waals surface area (Å²) in [6.45, 7) is 7.04. The molecule has 2 unspecified atom stereocenters. The lowest BCUT2D eigenvalue weighted by atomic mass is 9.90. The molecule has 44 heavy (non-hydrogen) atoms. The van der Waals surface area contributed by atoms with E-state index in [2.05, 4.69) is 14.9 Å². The van der Waals surface area contributed by atoms with Gasteiger partial charge in [0, 0.05) is 57.0 Å². The van der Waals surface area contributed by atoms with E-state index < -0.39 is 40.7 Å². The van der Waals surface area contributed by atoms with Crippen molar-refractivity contribution in [1.29, 1.82) is 0 Å². The molecule has 238 valence electrons. The van der Waals surface area contributed by atoms with Crippen LogP contribution in [0.1, 0.15) is 74.1 Å². The van der Waals surface area contributed by atoms with E-state index >= 15 is 0 Å². The van der Waals surface area contributed by atoms with Crippen molar-refractivity contribution in [3.8, 4) is 0 Å². The number of likely N-dealkylation sites (tertiary alicyclic amines) is 1. The van der Waals surface area contributed by atoms with Crippen molar-refractivity contribution >= 4 is 29.1 Å². The monoisotopic (exact) mass is 633 g/mol. The van der Waals surface area contributed by atoms with Gasteiger partial charge in [0.1, 0.15) is 16.3 Å². The van der Waals surface area contributed by atoms with Crippen molar-refractivity contribution in [1.82, 2.24) is 24.5 Å². The van der Waals surface area contributed by atoms with E-state index in [9.17, 15) is 22.8 Å². The Hall–Kier alpha value is -3.31. The maximum absolute atomic E-state index is 14.3. The molecule has 0 N–H and O–H groups in total. The molecular formula is C32H39ClF3N5O3. The van der Waals surface area contributed by atoms with Crippen LogP contribution in [0.4, 0.5) is 13.2 Å². The predicted molar refractivity (Wildman–Crippen MR) is 162 cm³/mol. The van der Waals surface area contributed by atoms with Crippen LogP contribution in [0.25, 0.3) is 5.57 Å². The second-order valence-corrected chi connectivity index (χ2v) is 12.6. The molecule has 8 nitrogen and oxygen atoms in total. The van der Waals surface area contributed by atoms with Gasteiger partial charge in [-0.3, -0.25) is 14.4 Å². The molecule has 0 bridgehead atoms. The van der Waals surface area contributed by atoms with E-state index in [4.69, 9.17) is 16.3 Å². The second kappa shape index (κ2) is 13.0. The number of nitrogens with zero attached hydrogens (tertiary/aromatic N) is 5. The smallest absolute Gasteiger partial charge is 0.341 e. The van der Waals surface area contributed by atoms with Crippen LogP contribution in [0.3, 0.4) is 0 Å². The fraction of sp³-hybridized carbons (Fsp3) is 0.531. The third-order valence-electron chi connectivity index (χ3n) is 8.58. The van der Waals surface area contributed by atoms with Gasteiger partial charge in [0.05, 0.1) is 18.8 Å². The normalized spacial score (nSPS) is 23.4. The SMILES string of the molecule is CCOC(=O)c1cnn(C2CCCN(C3=C(c4ccccc4)C=CC(Cl)(N4CCN(C(=O)C(C)(C)F)CC4)C3)C2)c1C(F)F. The molecule has 2 saturated heterocycles. The molecule has 2 aromatic rings. The summed E-state index contributed by atoms with van der Waals surface area (Å²) in [6, 6.07) is 9.54. The summed E-state index contributed by atoms with van der Waals surface area (Å²) in [5.74, 6) is -1.34. The molecule has 12 heteroatoms. The van der Waals surface area contributed by atoms with Crippen molar-refractivity contribution in [3.05, 3.63) is 71.2 Å². The molecule has 2 aliphatic heterocycles. The largest absolute Gasteiger partial charge is 0.462 e. The summed E-state index contributed by atoms with van der Waals surface area (Å²) >= 11 is 7.36. The summed E-state index contributed by atoms with van der Waals surface area (Å²) < 4.78 is 49.2. The number of piperidine rings is 1. The number of hydrogen-bond donors (Lipinski definition) is 0. The first-order valence-electron chi connectivity index (χ1n) is 15.1. The summed E-state index contributed by atoms with van der Waals surface area (Å²) in [7, 11) is 0. The molecule has 2 fully saturated rings. The number of esters is 1. The van der Waals surface area contributed by atoms with Gasteiger partial charge in [-0.05, 0) is 45.3 Å². The molecule has 0 saturated carbocycles. The number of aromatic nitrogens is 2. The number of ether oxygens (including phenoxy) is 1. The van der Waals surface area contributed by atoms with Crippen LogP contribution in [0.15, 0.2) is 54.4 Å². The first kappa shape index (κ1) is 32.1. The summed E-state index contributed by atoms with van der Waals surface area (Å²) in [6.07, 6.45) is 4.07. The van der Waals surface area contributed by atoms with E-state index in [0.717, 1.165) is 23.3 Å². The summed E-state index contributed by atoms with van der Waals surface area (Å²) in [5.41, 5.74) is 0.420. The topological polar surface area (TPSA) is 70.9 Å². The van der Waals surface area contributed by atoms with Gasteiger partial charge in [0.2, 0.25) is 0 Å². The molecule has 1 aliphatic carbocycles. The van der Waals surface area contributed by atoms with Gasteiger partial charge in [-0.25, -0.2) is 18.0 Å². The summed E-state index contributed by atoms with van der Waals surface area (Å²) in [5, 5.41) is 4.25. The number of amides is 1. The van der Waals surface area contributed by atoms with Gasteiger partial charge in [-0.1, -0.05) is 48.0 Å². The number of carbonyl (C=O) groups is 2. The Morgan fingerprint density at radius 1 is 1.14 bits per heavy atom. The van der Waals surface area contributed by atoms with Crippen LogP contribution in [-0.2, 0) is 9.53 Å². The molecule has 1 aromatic heterocycles. The minimum atomic E-state index is -2.90. The highest BCUT2D eigenvalue weighted by molar-refractivity contribution is 6.25. The molecular weight excluding hydrogens is 595 g/mol. The average Bonchev–Trinajstić information content (AvgIpc) is 3.47. The average molecular weight is 634 g/mol. The van der Waals surface area contributed by atoms with Crippen LogP contribution < -0.4 is 0 Å². The van der Waals surface area contributed by atoms with Crippen molar-refractivity contribution in [2.45, 2.75) is 63.2 Å². The highest BCUT2D eigenvalue weighted by Gasteiger charge is 2.42. The van der Waals surface area contributed by atoms with Crippen LogP contribution in [0.5, 0.6) is 0 Å². The Labute approximate surface area is 261 Å². The van der Waals surface area contributed by atoms with Crippen molar-refractivity contribution in [2.24, 2.45) is 0 Å². The first-order valence-corrected chi connectivity index (χ1v) is 15.5.